The second kappa shape index (κ2) is 4.77. The highest BCUT2D eigenvalue weighted by molar-refractivity contribution is 7.07. The Bertz CT molecular complexity index is 323. The fraction of sp³-hybridized carbons (Fsp3) is 0.545. The molecule has 0 spiro atoms. The van der Waals surface area contributed by atoms with Gasteiger partial charge in [0.05, 0.1) is 7.11 Å². The molecule has 82 valence electrons. The van der Waals surface area contributed by atoms with Crippen LogP contribution in [0.15, 0.2) is 16.8 Å². The van der Waals surface area contributed by atoms with Gasteiger partial charge < -0.3 is 4.74 Å². The van der Waals surface area contributed by atoms with Crippen LogP contribution < -0.4 is 0 Å². The molecule has 0 radical (unpaired) electrons. The molecule has 0 aliphatic carbocycles. The van der Waals surface area contributed by atoms with E-state index in [1.807, 2.05) is 0 Å². The number of esters is 1. The third kappa shape index (κ3) is 2.38. The third-order valence-corrected chi connectivity index (χ3v) is 3.53. The van der Waals surface area contributed by atoms with Gasteiger partial charge in [0.1, 0.15) is 6.04 Å². The van der Waals surface area contributed by atoms with E-state index in [0.29, 0.717) is 0 Å². The highest BCUT2D eigenvalue weighted by Gasteiger charge is 2.31. The standard InChI is InChI=1S/C11H15NO2S/c1-14-11(13)10-3-2-5-12(10)7-9-4-6-15-8-9/h4,6,8,10H,2-3,5,7H2,1H3. The summed E-state index contributed by atoms with van der Waals surface area (Å²) in [7, 11) is 1.46. The van der Waals surface area contributed by atoms with Gasteiger partial charge in [0.15, 0.2) is 0 Å². The number of ether oxygens (including phenoxy) is 1. The zero-order chi connectivity index (χ0) is 10.7. The highest BCUT2D eigenvalue weighted by atomic mass is 32.1. The molecule has 1 atom stereocenters. The molecule has 1 aliphatic rings. The zero-order valence-electron chi connectivity index (χ0n) is 8.81. The number of nitrogens with zero attached hydrogens (tertiary/aromatic N) is 1. The summed E-state index contributed by atoms with van der Waals surface area (Å²) in [6, 6.07) is 2.08. The van der Waals surface area contributed by atoms with E-state index in [9.17, 15) is 4.79 Å². The van der Waals surface area contributed by atoms with Gasteiger partial charge in [0.2, 0.25) is 0 Å². The molecule has 0 amide bonds. The quantitative estimate of drug-likeness (QED) is 0.736. The number of likely N-dealkylation sites (tertiary alicyclic amines) is 1. The van der Waals surface area contributed by atoms with Gasteiger partial charge in [0.25, 0.3) is 0 Å². The fourth-order valence-electron chi connectivity index (χ4n) is 2.04. The van der Waals surface area contributed by atoms with Crippen LogP contribution in [0.2, 0.25) is 0 Å². The van der Waals surface area contributed by atoms with Crippen LogP contribution in [0, 0.1) is 0 Å². The van der Waals surface area contributed by atoms with Crippen molar-refractivity contribution in [2.75, 3.05) is 13.7 Å². The summed E-state index contributed by atoms with van der Waals surface area (Å²) in [5.74, 6) is -0.0947. The van der Waals surface area contributed by atoms with E-state index >= 15 is 0 Å². The minimum atomic E-state index is -0.0947. The van der Waals surface area contributed by atoms with Crippen LogP contribution in [0.1, 0.15) is 18.4 Å². The Kier molecular flexibility index (Phi) is 3.38. The van der Waals surface area contributed by atoms with Crippen molar-refractivity contribution in [1.82, 2.24) is 4.90 Å². The van der Waals surface area contributed by atoms with Crippen molar-refractivity contribution in [3.8, 4) is 0 Å². The molecule has 2 heterocycles. The largest absolute Gasteiger partial charge is 0.468 e. The Balaban J connectivity index is 1.99. The molecule has 1 aliphatic heterocycles. The number of carbonyl (C=O) groups is 1. The number of rotatable bonds is 3. The van der Waals surface area contributed by atoms with Gasteiger partial charge in [-0.15, -0.1) is 0 Å². The summed E-state index contributed by atoms with van der Waals surface area (Å²) >= 11 is 1.70. The van der Waals surface area contributed by atoms with E-state index in [2.05, 4.69) is 21.7 Å². The van der Waals surface area contributed by atoms with E-state index in [4.69, 9.17) is 4.74 Å². The number of carbonyl (C=O) groups excluding carboxylic acids is 1. The van der Waals surface area contributed by atoms with Gasteiger partial charge in [-0.05, 0) is 41.8 Å². The normalized spacial score (nSPS) is 21.8. The van der Waals surface area contributed by atoms with Crippen LogP contribution >= 0.6 is 11.3 Å². The molecular weight excluding hydrogens is 210 g/mol. The minimum absolute atomic E-state index is 0.0325. The molecule has 0 N–H and O–H groups in total. The van der Waals surface area contributed by atoms with E-state index in [-0.39, 0.29) is 12.0 Å². The monoisotopic (exact) mass is 225 g/mol. The first-order chi connectivity index (χ1) is 7.31. The van der Waals surface area contributed by atoms with Crippen LogP contribution in [0.3, 0.4) is 0 Å². The molecule has 0 bridgehead atoms. The lowest BCUT2D eigenvalue weighted by atomic mass is 10.2. The van der Waals surface area contributed by atoms with Crippen molar-refractivity contribution in [2.45, 2.75) is 25.4 Å². The number of hydrogen-bond donors (Lipinski definition) is 0. The van der Waals surface area contributed by atoms with Gasteiger partial charge in [-0.25, -0.2) is 0 Å². The average molecular weight is 225 g/mol. The lowest BCUT2D eigenvalue weighted by molar-refractivity contribution is -0.146. The molecule has 2 rings (SSSR count). The Labute approximate surface area is 93.7 Å². The summed E-state index contributed by atoms with van der Waals surface area (Å²) in [5, 5.41) is 4.20. The fourth-order valence-corrected chi connectivity index (χ4v) is 2.70. The highest BCUT2D eigenvalue weighted by Crippen LogP contribution is 2.21. The van der Waals surface area contributed by atoms with Crippen molar-refractivity contribution in [3.05, 3.63) is 22.4 Å². The first-order valence-electron chi connectivity index (χ1n) is 5.14. The molecule has 1 aromatic rings. The lowest BCUT2D eigenvalue weighted by Gasteiger charge is -2.21. The van der Waals surface area contributed by atoms with E-state index in [1.165, 1.54) is 12.7 Å². The van der Waals surface area contributed by atoms with Crippen molar-refractivity contribution in [1.29, 1.82) is 0 Å². The van der Waals surface area contributed by atoms with Crippen molar-refractivity contribution < 1.29 is 9.53 Å². The topological polar surface area (TPSA) is 29.5 Å². The van der Waals surface area contributed by atoms with Crippen LogP contribution in [-0.2, 0) is 16.1 Å². The Morgan fingerprint density at radius 3 is 3.27 bits per heavy atom. The van der Waals surface area contributed by atoms with Crippen LogP contribution in [0.4, 0.5) is 0 Å². The second-order valence-corrected chi connectivity index (χ2v) is 4.56. The first-order valence-corrected chi connectivity index (χ1v) is 6.08. The molecule has 0 aromatic carbocycles. The van der Waals surface area contributed by atoms with E-state index in [0.717, 1.165) is 25.9 Å². The van der Waals surface area contributed by atoms with Crippen LogP contribution in [0.5, 0.6) is 0 Å². The van der Waals surface area contributed by atoms with Crippen LogP contribution in [0.25, 0.3) is 0 Å². The van der Waals surface area contributed by atoms with E-state index < -0.39 is 0 Å². The maximum absolute atomic E-state index is 11.5. The maximum atomic E-state index is 11.5. The summed E-state index contributed by atoms with van der Waals surface area (Å²) < 4.78 is 4.81. The molecule has 1 unspecified atom stereocenters. The number of hydrogen-bond acceptors (Lipinski definition) is 4. The molecule has 4 heteroatoms. The second-order valence-electron chi connectivity index (χ2n) is 3.78. The zero-order valence-corrected chi connectivity index (χ0v) is 9.63. The predicted octanol–water partition coefficient (Wildman–Crippen LogP) is 1.89. The van der Waals surface area contributed by atoms with Gasteiger partial charge in [0, 0.05) is 6.54 Å². The van der Waals surface area contributed by atoms with Crippen LogP contribution in [-0.4, -0.2) is 30.6 Å². The molecule has 1 fully saturated rings. The first kappa shape index (κ1) is 10.6. The molecule has 0 saturated carbocycles. The van der Waals surface area contributed by atoms with Crippen molar-refractivity contribution in [2.24, 2.45) is 0 Å². The van der Waals surface area contributed by atoms with E-state index in [1.54, 1.807) is 11.3 Å². The molecule has 3 nitrogen and oxygen atoms in total. The SMILES string of the molecule is COC(=O)C1CCCN1Cc1ccsc1. The smallest absolute Gasteiger partial charge is 0.323 e. The number of methoxy groups -OCH3 is 1. The molecule has 1 aromatic heterocycles. The predicted molar refractivity (Wildman–Crippen MR) is 59.8 cm³/mol. The van der Waals surface area contributed by atoms with Gasteiger partial charge in [-0.3, -0.25) is 9.69 Å². The average Bonchev–Trinajstić information content (AvgIpc) is 2.88. The summed E-state index contributed by atoms with van der Waals surface area (Å²) in [5.41, 5.74) is 1.29. The summed E-state index contributed by atoms with van der Waals surface area (Å²) in [4.78, 5) is 13.7. The minimum Gasteiger partial charge on any atom is -0.468 e. The Morgan fingerprint density at radius 1 is 1.73 bits per heavy atom. The van der Waals surface area contributed by atoms with Crippen molar-refractivity contribution in [3.63, 3.8) is 0 Å². The Morgan fingerprint density at radius 2 is 2.60 bits per heavy atom. The summed E-state index contributed by atoms with van der Waals surface area (Å²) in [6.45, 7) is 1.86. The molecule has 1 saturated heterocycles. The van der Waals surface area contributed by atoms with Gasteiger partial charge >= 0.3 is 5.97 Å². The van der Waals surface area contributed by atoms with Crippen molar-refractivity contribution >= 4 is 17.3 Å². The van der Waals surface area contributed by atoms with Gasteiger partial charge in [-0.1, -0.05) is 0 Å². The summed E-state index contributed by atoms with van der Waals surface area (Å²) in [6.07, 6.45) is 2.01. The third-order valence-electron chi connectivity index (χ3n) is 2.80. The van der Waals surface area contributed by atoms with Gasteiger partial charge in [-0.2, -0.15) is 11.3 Å². The molecule has 15 heavy (non-hydrogen) atoms. The lowest BCUT2D eigenvalue weighted by Crippen LogP contribution is -2.36. The maximum Gasteiger partial charge on any atom is 0.323 e. The molecular formula is C11H15NO2S. The Hall–Kier alpha value is -0.870. The number of thiophene rings is 1.